The zero-order valence-electron chi connectivity index (χ0n) is 19.7. The molecule has 0 radical (unpaired) electrons. The average molecular weight is 428 g/mol. The molecule has 0 aliphatic carbocycles. The van der Waals surface area contributed by atoms with Crippen molar-refractivity contribution in [2.75, 3.05) is 30.4 Å². The fraction of sp³-hybridized carbons (Fsp3) is 0.520. The molecular formula is C25H37N3O3. The second-order valence-electron chi connectivity index (χ2n) is 9.08. The standard InChI is InChI=1S/C25H37N3O3/c1-17(2)14-28(15-18(3)4)23-9-8-21(19(5)11-25(29)30)12-22(23)27-24-10-7-20(13-26-24)16-31-6/h7-10,12-13,17-19H,11,14-16H2,1-6H3,(H,26,27)(H,29,30). The number of hydrogen-bond donors (Lipinski definition) is 2. The number of aromatic nitrogens is 1. The van der Waals surface area contributed by atoms with Crippen LogP contribution >= 0.6 is 0 Å². The van der Waals surface area contributed by atoms with Crippen molar-refractivity contribution < 1.29 is 14.6 Å². The van der Waals surface area contributed by atoms with Gasteiger partial charge in [0.15, 0.2) is 0 Å². The number of anilines is 3. The molecule has 1 atom stereocenters. The molecule has 0 saturated carbocycles. The van der Waals surface area contributed by atoms with Crippen LogP contribution in [-0.2, 0) is 16.1 Å². The third kappa shape index (κ3) is 7.87. The van der Waals surface area contributed by atoms with E-state index in [0.29, 0.717) is 18.4 Å². The van der Waals surface area contributed by atoms with Gasteiger partial charge in [0.2, 0.25) is 0 Å². The Morgan fingerprint density at radius 3 is 2.29 bits per heavy atom. The van der Waals surface area contributed by atoms with Crippen LogP contribution in [0.25, 0.3) is 0 Å². The molecule has 0 saturated heterocycles. The summed E-state index contributed by atoms with van der Waals surface area (Å²) < 4.78 is 5.17. The maximum absolute atomic E-state index is 11.2. The number of rotatable bonds is 12. The topological polar surface area (TPSA) is 74.7 Å². The number of methoxy groups -OCH3 is 1. The number of benzene rings is 1. The Bertz CT molecular complexity index is 824. The molecule has 0 aliphatic heterocycles. The molecule has 1 heterocycles. The van der Waals surface area contributed by atoms with Crippen LogP contribution in [0.1, 0.15) is 58.1 Å². The molecule has 2 rings (SSSR count). The van der Waals surface area contributed by atoms with Crippen LogP contribution in [0.4, 0.5) is 17.2 Å². The maximum Gasteiger partial charge on any atom is 0.303 e. The first-order chi connectivity index (χ1) is 14.7. The molecule has 6 nitrogen and oxygen atoms in total. The quantitative estimate of drug-likeness (QED) is 0.455. The zero-order chi connectivity index (χ0) is 23.0. The summed E-state index contributed by atoms with van der Waals surface area (Å²) in [7, 11) is 1.67. The molecule has 1 aromatic carbocycles. The lowest BCUT2D eigenvalue weighted by Crippen LogP contribution is -2.31. The Kier molecular flexibility index (Phi) is 9.31. The molecule has 31 heavy (non-hydrogen) atoms. The van der Waals surface area contributed by atoms with Gasteiger partial charge in [0, 0.05) is 26.4 Å². The van der Waals surface area contributed by atoms with Gasteiger partial charge < -0.3 is 20.1 Å². The van der Waals surface area contributed by atoms with E-state index in [9.17, 15) is 9.90 Å². The molecule has 1 unspecified atom stereocenters. The lowest BCUT2D eigenvalue weighted by atomic mass is 9.96. The predicted molar refractivity (Wildman–Crippen MR) is 127 cm³/mol. The molecule has 2 N–H and O–H groups in total. The number of carboxylic acids is 1. The second kappa shape index (κ2) is 11.7. The van der Waals surface area contributed by atoms with Crippen LogP contribution in [-0.4, -0.2) is 36.3 Å². The van der Waals surface area contributed by atoms with E-state index in [2.05, 4.69) is 61.1 Å². The number of carboxylic acid groups (broad SMARTS) is 1. The van der Waals surface area contributed by atoms with Crippen molar-refractivity contribution in [2.45, 2.75) is 53.6 Å². The molecule has 0 spiro atoms. The van der Waals surface area contributed by atoms with Gasteiger partial charge >= 0.3 is 5.97 Å². The Hall–Kier alpha value is -2.60. The van der Waals surface area contributed by atoms with Gasteiger partial charge in [-0.2, -0.15) is 0 Å². The molecule has 0 aliphatic rings. The van der Waals surface area contributed by atoms with Crippen LogP contribution in [0.15, 0.2) is 36.5 Å². The Balaban J connectivity index is 2.43. The van der Waals surface area contributed by atoms with E-state index < -0.39 is 5.97 Å². The zero-order valence-corrected chi connectivity index (χ0v) is 19.7. The van der Waals surface area contributed by atoms with E-state index in [0.717, 1.165) is 41.4 Å². The highest BCUT2D eigenvalue weighted by Crippen LogP contribution is 2.34. The summed E-state index contributed by atoms with van der Waals surface area (Å²) in [6, 6.07) is 10.2. The van der Waals surface area contributed by atoms with Crippen LogP contribution in [0.2, 0.25) is 0 Å². The first-order valence-corrected chi connectivity index (χ1v) is 11.0. The fourth-order valence-corrected chi connectivity index (χ4v) is 3.66. The number of nitrogens with zero attached hydrogens (tertiary/aromatic N) is 2. The summed E-state index contributed by atoms with van der Waals surface area (Å²) in [5.41, 5.74) is 4.07. The SMILES string of the molecule is COCc1ccc(Nc2cc(C(C)CC(=O)O)ccc2N(CC(C)C)CC(C)C)nc1. The minimum absolute atomic E-state index is 0.0761. The van der Waals surface area contributed by atoms with Crippen molar-refractivity contribution in [3.05, 3.63) is 47.7 Å². The number of carbonyl (C=O) groups is 1. The van der Waals surface area contributed by atoms with E-state index in [1.54, 1.807) is 7.11 Å². The number of ether oxygens (including phenoxy) is 1. The summed E-state index contributed by atoms with van der Waals surface area (Å²) in [6.45, 7) is 13.2. The van der Waals surface area contributed by atoms with E-state index in [4.69, 9.17) is 4.74 Å². The highest BCUT2D eigenvalue weighted by Gasteiger charge is 2.18. The first-order valence-electron chi connectivity index (χ1n) is 11.0. The Labute approximate surface area is 186 Å². The lowest BCUT2D eigenvalue weighted by molar-refractivity contribution is -0.137. The van der Waals surface area contributed by atoms with Crippen molar-refractivity contribution in [1.82, 2.24) is 4.98 Å². The number of aliphatic carboxylic acids is 1. The van der Waals surface area contributed by atoms with Crippen LogP contribution in [0, 0.1) is 11.8 Å². The van der Waals surface area contributed by atoms with Gasteiger partial charge in [0.25, 0.3) is 0 Å². The van der Waals surface area contributed by atoms with Gasteiger partial charge in [-0.1, -0.05) is 46.8 Å². The average Bonchev–Trinajstić information content (AvgIpc) is 2.68. The third-order valence-electron chi connectivity index (χ3n) is 4.98. The highest BCUT2D eigenvalue weighted by atomic mass is 16.5. The summed E-state index contributed by atoms with van der Waals surface area (Å²) in [5, 5.41) is 12.7. The maximum atomic E-state index is 11.2. The number of nitrogens with one attached hydrogen (secondary N) is 1. The molecular weight excluding hydrogens is 390 g/mol. The van der Waals surface area contributed by atoms with E-state index in [1.165, 1.54) is 0 Å². The highest BCUT2D eigenvalue weighted by molar-refractivity contribution is 5.76. The van der Waals surface area contributed by atoms with Gasteiger partial charge in [0.05, 0.1) is 24.4 Å². The van der Waals surface area contributed by atoms with Gasteiger partial charge in [0.1, 0.15) is 5.82 Å². The van der Waals surface area contributed by atoms with Gasteiger partial charge in [-0.05, 0) is 47.1 Å². The third-order valence-corrected chi connectivity index (χ3v) is 4.98. The van der Waals surface area contributed by atoms with Crippen molar-refractivity contribution >= 4 is 23.2 Å². The molecule has 0 amide bonds. The van der Waals surface area contributed by atoms with Crippen LogP contribution < -0.4 is 10.2 Å². The molecule has 6 heteroatoms. The summed E-state index contributed by atoms with van der Waals surface area (Å²) in [5.74, 6) is 0.918. The Morgan fingerprint density at radius 1 is 1.10 bits per heavy atom. The monoisotopic (exact) mass is 427 g/mol. The first kappa shape index (κ1) is 24.7. The van der Waals surface area contributed by atoms with E-state index >= 15 is 0 Å². The normalized spacial score (nSPS) is 12.3. The summed E-state index contributed by atoms with van der Waals surface area (Å²) in [6.07, 6.45) is 1.91. The Morgan fingerprint density at radius 2 is 1.77 bits per heavy atom. The molecule has 170 valence electrons. The fourth-order valence-electron chi connectivity index (χ4n) is 3.66. The summed E-state index contributed by atoms with van der Waals surface area (Å²) in [4.78, 5) is 18.2. The second-order valence-corrected chi connectivity index (χ2v) is 9.08. The number of pyridine rings is 1. The van der Waals surface area contributed by atoms with Crippen molar-refractivity contribution in [1.29, 1.82) is 0 Å². The van der Waals surface area contributed by atoms with Crippen molar-refractivity contribution in [3.8, 4) is 0 Å². The van der Waals surface area contributed by atoms with Gasteiger partial charge in [-0.3, -0.25) is 4.79 Å². The van der Waals surface area contributed by atoms with Gasteiger partial charge in [-0.15, -0.1) is 0 Å². The minimum atomic E-state index is -0.789. The molecule has 2 aromatic rings. The van der Waals surface area contributed by atoms with Crippen LogP contribution in [0.3, 0.4) is 0 Å². The molecule has 0 fully saturated rings. The smallest absolute Gasteiger partial charge is 0.303 e. The van der Waals surface area contributed by atoms with Crippen molar-refractivity contribution in [2.24, 2.45) is 11.8 Å². The molecule has 0 bridgehead atoms. The van der Waals surface area contributed by atoms with Crippen LogP contribution in [0.5, 0.6) is 0 Å². The minimum Gasteiger partial charge on any atom is -0.481 e. The largest absolute Gasteiger partial charge is 0.481 e. The predicted octanol–water partition coefficient (Wildman–Crippen LogP) is 5.67. The van der Waals surface area contributed by atoms with Gasteiger partial charge in [-0.25, -0.2) is 4.98 Å². The van der Waals surface area contributed by atoms with E-state index in [1.807, 2.05) is 25.3 Å². The van der Waals surface area contributed by atoms with E-state index in [-0.39, 0.29) is 12.3 Å². The summed E-state index contributed by atoms with van der Waals surface area (Å²) >= 11 is 0. The molecule has 1 aromatic heterocycles. The lowest BCUT2D eigenvalue weighted by Gasteiger charge is -2.31. The van der Waals surface area contributed by atoms with Crippen molar-refractivity contribution in [3.63, 3.8) is 0 Å². The number of hydrogen-bond acceptors (Lipinski definition) is 5.